The van der Waals surface area contributed by atoms with Gasteiger partial charge in [-0.25, -0.2) is 4.79 Å². The number of carbonyl (C=O) groups excluding carboxylic acids is 1. The molecule has 96 valence electrons. The summed E-state index contributed by atoms with van der Waals surface area (Å²) >= 11 is 0. The molecule has 0 saturated carbocycles. The van der Waals surface area contributed by atoms with E-state index in [0.29, 0.717) is 6.42 Å². The number of rotatable bonds is 3. The molecule has 2 atom stereocenters. The first-order chi connectivity index (χ1) is 8.60. The van der Waals surface area contributed by atoms with Crippen LogP contribution in [-0.2, 0) is 9.53 Å². The molecule has 0 radical (unpaired) electrons. The van der Waals surface area contributed by atoms with Gasteiger partial charge in [0.15, 0.2) is 5.54 Å². The lowest BCUT2D eigenvalue weighted by atomic mass is 9.87. The number of nitrogens with zero attached hydrogens (tertiary/aromatic N) is 1. The molecule has 1 aliphatic rings. The van der Waals surface area contributed by atoms with Gasteiger partial charge in [-0.2, -0.15) is 5.10 Å². The predicted octanol–water partition coefficient (Wildman–Crippen LogP) is 0.677. The van der Waals surface area contributed by atoms with Crippen molar-refractivity contribution >= 4 is 11.7 Å². The largest absolute Gasteiger partial charge is 0.467 e. The summed E-state index contributed by atoms with van der Waals surface area (Å²) in [4.78, 5) is 11.8. The van der Waals surface area contributed by atoms with E-state index in [1.165, 1.54) is 7.11 Å². The van der Waals surface area contributed by atoms with Crippen LogP contribution in [0.4, 0.5) is 0 Å². The Hall–Kier alpha value is -1.88. The Labute approximate surface area is 105 Å². The molecule has 1 aliphatic heterocycles. The molecule has 0 aliphatic carbocycles. The minimum Gasteiger partial charge on any atom is -0.467 e. The molecule has 5 heteroatoms. The Balaban J connectivity index is 2.25. The Morgan fingerprint density at radius 3 is 2.72 bits per heavy atom. The molecule has 5 nitrogen and oxygen atoms in total. The minimum atomic E-state index is -1.18. The summed E-state index contributed by atoms with van der Waals surface area (Å²) in [6.07, 6.45) is -0.587. The summed E-state index contributed by atoms with van der Waals surface area (Å²) in [5, 5.41) is 14.0. The van der Waals surface area contributed by atoms with Gasteiger partial charge in [-0.3, -0.25) is 5.43 Å². The van der Waals surface area contributed by atoms with Crippen LogP contribution >= 0.6 is 0 Å². The van der Waals surface area contributed by atoms with E-state index >= 15 is 0 Å². The number of aliphatic hydroxyl groups excluding tert-OH is 1. The number of hydrogen-bond acceptors (Lipinski definition) is 5. The van der Waals surface area contributed by atoms with Gasteiger partial charge in [0.2, 0.25) is 0 Å². The number of carbonyl (C=O) groups is 1. The Morgan fingerprint density at radius 1 is 1.50 bits per heavy atom. The standard InChI is InChI=1S/C13H16N2O3/c1-9(16)13(12(17)18-2)8-11(14-15-13)10-6-4-3-5-7-10/h3-7,9,15-16H,8H2,1-2H3/t9-,13-/m1/s1. The molecule has 0 bridgehead atoms. The van der Waals surface area contributed by atoms with Crippen LogP contribution < -0.4 is 5.43 Å². The molecule has 1 aromatic carbocycles. The summed E-state index contributed by atoms with van der Waals surface area (Å²) in [6, 6.07) is 9.54. The van der Waals surface area contributed by atoms with Crippen molar-refractivity contribution in [2.45, 2.75) is 25.0 Å². The summed E-state index contributed by atoms with van der Waals surface area (Å²) in [6.45, 7) is 1.55. The molecule has 0 spiro atoms. The van der Waals surface area contributed by atoms with Gasteiger partial charge in [0.25, 0.3) is 0 Å². The molecule has 0 amide bonds. The normalized spacial score (nSPS) is 24.1. The van der Waals surface area contributed by atoms with Crippen LogP contribution in [0.5, 0.6) is 0 Å². The van der Waals surface area contributed by atoms with Crippen molar-refractivity contribution in [1.29, 1.82) is 0 Å². The van der Waals surface area contributed by atoms with Crippen LogP contribution in [0, 0.1) is 0 Å². The van der Waals surface area contributed by atoms with Crippen LogP contribution in [0.2, 0.25) is 0 Å². The second-order valence-electron chi connectivity index (χ2n) is 4.35. The van der Waals surface area contributed by atoms with E-state index < -0.39 is 17.6 Å². The van der Waals surface area contributed by atoms with Gasteiger partial charge in [-0.15, -0.1) is 0 Å². The first-order valence-electron chi connectivity index (χ1n) is 5.76. The third kappa shape index (κ3) is 1.97. The highest BCUT2D eigenvalue weighted by molar-refractivity contribution is 6.05. The lowest BCUT2D eigenvalue weighted by molar-refractivity contribution is -0.152. The van der Waals surface area contributed by atoms with Crippen molar-refractivity contribution in [1.82, 2.24) is 5.43 Å². The number of methoxy groups -OCH3 is 1. The lowest BCUT2D eigenvalue weighted by Gasteiger charge is -2.28. The number of nitrogens with one attached hydrogen (secondary N) is 1. The second kappa shape index (κ2) is 4.78. The molecule has 2 rings (SSSR count). The van der Waals surface area contributed by atoms with Crippen molar-refractivity contribution in [3.63, 3.8) is 0 Å². The van der Waals surface area contributed by atoms with Crippen LogP contribution in [0.3, 0.4) is 0 Å². The number of benzene rings is 1. The summed E-state index contributed by atoms with van der Waals surface area (Å²) in [7, 11) is 1.30. The van der Waals surface area contributed by atoms with Crippen molar-refractivity contribution < 1.29 is 14.6 Å². The van der Waals surface area contributed by atoms with Crippen LogP contribution in [0.1, 0.15) is 18.9 Å². The SMILES string of the molecule is COC(=O)[C@]1([C@@H](C)O)CC(c2ccccc2)=NN1. The minimum absolute atomic E-state index is 0.307. The Bertz CT molecular complexity index is 470. The fraction of sp³-hybridized carbons (Fsp3) is 0.385. The van der Waals surface area contributed by atoms with E-state index in [1.807, 2.05) is 30.3 Å². The molecule has 1 heterocycles. The average Bonchev–Trinajstić information content (AvgIpc) is 2.85. The second-order valence-corrected chi connectivity index (χ2v) is 4.35. The summed E-state index contributed by atoms with van der Waals surface area (Å²) in [5.41, 5.74) is 3.22. The summed E-state index contributed by atoms with van der Waals surface area (Å²) < 4.78 is 4.75. The first kappa shape index (κ1) is 12.6. The number of ether oxygens (including phenoxy) is 1. The van der Waals surface area contributed by atoms with Crippen molar-refractivity contribution in [2.24, 2.45) is 5.10 Å². The highest BCUT2D eigenvalue weighted by Gasteiger charge is 2.48. The maximum Gasteiger partial charge on any atom is 0.336 e. The first-order valence-corrected chi connectivity index (χ1v) is 5.76. The molecule has 2 N–H and O–H groups in total. The van der Waals surface area contributed by atoms with E-state index in [2.05, 4.69) is 10.5 Å². The molecule has 0 aromatic heterocycles. The summed E-state index contributed by atoms with van der Waals surface area (Å²) in [5.74, 6) is -0.507. The average molecular weight is 248 g/mol. The fourth-order valence-corrected chi connectivity index (χ4v) is 2.02. The predicted molar refractivity (Wildman–Crippen MR) is 67.2 cm³/mol. The van der Waals surface area contributed by atoms with Crippen molar-refractivity contribution in [3.05, 3.63) is 35.9 Å². The molecule has 0 unspecified atom stereocenters. The maximum atomic E-state index is 11.8. The van der Waals surface area contributed by atoms with Gasteiger partial charge >= 0.3 is 5.97 Å². The molecular weight excluding hydrogens is 232 g/mol. The smallest absolute Gasteiger partial charge is 0.336 e. The van der Waals surface area contributed by atoms with Gasteiger partial charge in [0, 0.05) is 6.42 Å². The number of esters is 1. The van der Waals surface area contributed by atoms with Crippen molar-refractivity contribution in [3.8, 4) is 0 Å². The van der Waals surface area contributed by atoms with Gasteiger partial charge in [-0.05, 0) is 12.5 Å². The van der Waals surface area contributed by atoms with Gasteiger partial charge in [-0.1, -0.05) is 30.3 Å². The lowest BCUT2D eigenvalue weighted by Crippen LogP contribution is -2.56. The highest BCUT2D eigenvalue weighted by atomic mass is 16.5. The zero-order valence-electron chi connectivity index (χ0n) is 10.4. The topological polar surface area (TPSA) is 70.9 Å². The maximum absolute atomic E-state index is 11.8. The van der Waals surface area contributed by atoms with Crippen LogP contribution in [0.25, 0.3) is 0 Å². The molecule has 0 saturated heterocycles. The third-order valence-electron chi connectivity index (χ3n) is 3.21. The Morgan fingerprint density at radius 2 is 2.17 bits per heavy atom. The van der Waals surface area contributed by atoms with E-state index in [0.717, 1.165) is 11.3 Å². The van der Waals surface area contributed by atoms with E-state index in [-0.39, 0.29) is 0 Å². The zero-order valence-corrected chi connectivity index (χ0v) is 10.4. The monoisotopic (exact) mass is 248 g/mol. The molecular formula is C13H16N2O3. The van der Waals surface area contributed by atoms with Crippen LogP contribution in [-0.4, -0.2) is 35.5 Å². The van der Waals surface area contributed by atoms with E-state index in [9.17, 15) is 9.90 Å². The number of hydrazone groups is 1. The number of hydrogen-bond donors (Lipinski definition) is 2. The third-order valence-corrected chi connectivity index (χ3v) is 3.21. The van der Waals surface area contributed by atoms with Crippen molar-refractivity contribution in [2.75, 3.05) is 7.11 Å². The molecule has 18 heavy (non-hydrogen) atoms. The quantitative estimate of drug-likeness (QED) is 0.772. The fourth-order valence-electron chi connectivity index (χ4n) is 2.02. The van der Waals surface area contributed by atoms with Gasteiger partial charge in [0.1, 0.15) is 0 Å². The number of aliphatic hydroxyl groups is 1. The van der Waals surface area contributed by atoms with E-state index in [1.54, 1.807) is 6.92 Å². The van der Waals surface area contributed by atoms with E-state index in [4.69, 9.17) is 4.74 Å². The van der Waals surface area contributed by atoms with Gasteiger partial charge in [0.05, 0.1) is 18.9 Å². The van der Waals surface area contributed by atoms with Crippen LogP contribution in [0.15, 0.2) is 35.4 Å². The Kier molecular flexibility index (Phi) is 3.34. The molecule has 1 aromatic rings. The van der Waals surface area contributed by atoms with Gasteiger partial charge < -0.3 is 9.84 Å². The zero-order chi connectivity index (χ0) is 13.2. The molecule has 0 fully saturated rings. The highest BCUT2D eigenvalue weighted by Crippen LogP contribution is 2.26.